The van der Waals surface area contributed by atoms with Crippen LogP contribution in [0.4, 0.5) is 19.0 Å². The maximum Gasteiger partial charge on any atom is 0.390 e. The summed E-state index contributed by atoms with van der Waals surface area (Å²) in [5, 5.41) is 8.69. The van der Waals surface area contributed by atoms with E-state index in [4.69, 9.17) is 5.11 Å². The van der Waals surface area contributed by atoms with Crippen molar-refractivity contribution in [3.8, 4) is 0 Å². The molecule has 0 saturated heterocycles. The van der Waals surface area contributed by atoms with E-state index in [1.807, 2.05) is 0 Å². The second-order valence-corrected chi connectivity index (χ2v) is 3.47. The van der Waals surface area contributed by atoms with Crippen LogP contribution in [0.5, 0.6) is 0 Å². The first-order chi connectivity index (χ1) is 7.79. The average Bonchev–Trinajstić information content (AvgIpc) is 2.25. The Morgan fingerprint density at radius 1 is 1.47 bits per heavy atom. The van der Waals surface area contributed by atoms with Crippen molar-refractivity contribution < 1.29 is 23.1 Å². The van der Waals surface area contributed by atoms with Gasteiger partial charge in [-0.25, -0.2) is 9.78 Å². The molecule has 0 radical (unpaired) electrons. The summed E-state index contributed by atoms with van der Waals surface area (Å²) in [5.41, 5.74) is -0.193. The van der Waals surface area contributed by atoms with Crippen molar-refractivity contribution in [2.75, 3.05) is 18.5 Å². The summed E-state index contributed by atoms with van der Waals surface area (Å²) >= 11 is 0. The molecule has 0 saturated carbocycles. The van der Waals surface area contributed by atoms with E-state index < -0.39 is 18.6 Å². The van der Waals surface area contributed by atoms with E-state index in [2.05, 4.69) is 4.98 Å². The zero-order valence-electron chi connectivity index (χ0n) is 9.03. The highest BCUT2D eigenvalue weighted by Gasteiger charge is 2.27. The van der Waals surface area contributed by atoms with Gasteiger partial charge in [-0.2, -0.15) is 13.2 Å². The van der Waals surface area contributed by atoms with Crippen LogP contribution in [0.1, 0.15) is 16.9 Å². The summed E-state index contributed by atoms with van der Waals surface area (Å²) in [4.78, 5) is 15.6. The molecule has 1 aromatic rings. The number of anilines is 1. The molecule has 1 heterocycles. The van der Waals surface area contributed by atoms with Gasteiger partial charge in [-0.15, -0.1) is 0 Å². The number of carboxylic acids is 1. The largest absolute Gasteiger partial charge is 0.477 e. The number of halogens is 3. The molecule has 7 heteroatoms. The van der Waals surface area contributed by atoms with Crippen LogP contribution in [0.25, 0.3) is 0 Å². The molecule has 0 aliphatic carbocycles. The van der Waals surface area contributed by atoms with Crippen molar-refractivity contribution in [3.63, 3.8) is 0 Å². The Kier molecular flexibility index (Phi) is 3.93. The number of aromatic nitrogens is 1. The number of carboxylic acid groups (broad SMARTS) is 1. The highest BCUT2D eigenvalue weighted by Crippen LogP contribution is 2.21. The molecule has 0 spiro atoms. The predicted octanol–water partition coefficient (Wildman–Crippen LogP) is 2.17. The predicted molar refractivity (Wildman–Crippen MR) is 55.1 cm³/mol. The van der Waals surface area contributed by atoms with E-state index in [1.54, 1.807) is 0 Å². The third kappa shape index (κ3) is 4.29. The third-order valence-corrected chi connectivity index (χ3v) is 2.08. The summed E-state index contributed by atoms with van der Waals surface area (Å²) < 4.78 is 36.0. The molecule has 0 bridgehead atoms. The quantitative estimate of drug-likeness (QED) is 0.887. The normalized spacial score (nSPS) is 11.3. The van der Waals surface area contributed by atoms with Gasteiger partial charge in [-0.1, -0.05) is 6.07 Å². The Hall–Kier alpha value is -1.79. The van der Waals surface area contributed by atoms with Gasteiger partial charge < -0.3 is 10.0 Å². The molecular weight excluding hydrogens is 237 g/mol. The van der Waals surface area contributed by atoms with E-state index in [-0.39, 0.29) is 18.1 Å². The first-order valence-corrected chi connectivity index (χ1v) is 4.78. The topological polar surface area (TPSA) is 53.4 Å². The molecule has 0 aliphatic rings. The lowest BCUT2D eigenvalue weighted by molar-refractivity contribution is -0.132. The molecule has 0 atom stereocenters. The number of alkyl halides is 3. The van der Waals surface area contributed by atoms with Crippen molar-refractivity contribution in [2.24, 2.45) is 0 Å². The molecule has 0 amide bonds. The van der Waals surface area contributed by atoms with Gasteiger partial charge in [0.25, 0.3) is 0 Å². The summed E-state index contributed by atoms with van der Waals surface area (Å²) in [6.45, 7) is -0.264. The highest BCUT2D eigenvalue weighted by atomic mass is 19.4. The number of aromatic carboxylic acids is 1. The van der Waals surface area contributed by atoms with Crippen molar-refractivity contribution in [1.29, 1.82) is 0 Å². The molecule has 1 N–H and O–H groups in total. The van der Waals surface area contributed by atoms with E-state index >= 15 is 0 Å². The van der Waals surface area contributed by atoms with Gasteiger partial charge >= 0.3 is 12.1 Å². The zero-order valence-corrected chi connectivity index (χ0v) is 9.03. The van der Waals surface area contributed by atoms with Crippen LogP contribution in [-0.4, -0.2) is 35.8 Å². The second kappa shape index (κ2) is 5.03. The molecule has 0 fully saturated rings. The minimum absolute atomic E-state index is 0.193. The van der Waals surface area contributed by atoms with E-state index in [9.17, 15) is 18.0 Å². The number of hydrogen-bond acceptors (Lipinski definition) is 3. The smallest absolute Gasteiger partial charge is 0.390 e. The first kappa shape index (κ1) is 13.3. The molecule has 94 valence electrons. The number of carbonyl (C=O) groups is 1. The Morgan fingerprint density at radius 3 is 2.65 bits per heavy atom. The Bertz CT molecular complexity index is 407. The maximum atomic E-state index is 12.0. The van der Waals surface area contributed by atoms with Crippen LogP contribution in [0, 0.1) is 0 Å². The van der Waals surface area contributed by atoms with Gasteiger partial charge in [-0.3, -0.25) is 0 Å². The number of nitrogens with zero attached hydrogens (tertiary/aromatic N) is 2. The first-order valence-electron chi connectivity index (χ1n) is 4.78. The van der Waals surface area contributed by atoms with Gasteiger partial charge in [0, 0.05) is 13.6 Å². The van der Waals surface area contributed by atoms with Crippen LogP contribution in [0.3, 0.4) is 0 Å². The van der Waals surface area contributed by atoms with E-state index in [0.29, 0.717) is 0 Å². The Labute approximate surface area is 95.7 Å². The monoisotopic (exact) mass is 248 g/mol. The SMILES string of the molecule is CN(CCC(F)(F)F)c1cccc(C(=O)O)n1. The van der Waals surface area contributed by atoms with E-state index in [0.717, 1.165) is 0 Å². The van der Waals surface area contributed by atoms with E-state index in [1.165, 1.54) is 30.1 Å². The summed E-state index contributed by atoms with van der Waals surface area (Å²) in [5.74, 6) is -1.01. The fourth-order valence-electron chi connectivity index (χ4n) is 1.16. The lowest BCUT2D eigenvalue weighted by Crippen LogP contribution is -2.25. The number of hydrogen-bond donors (Lipinski definition) is 1. The van der Waals surface area contributed by atoms with Crippen LogP contribution < -0.4 is 4.90 Å². The fraction of sp³-hybridized carbons (Fsp3) is 0.400. The van der Waals surface area contributed by atoms with Gasteiger partial charge in [-0.05, 0) is 12.1 Å². The van der Waals surface area contributed by atoms with Gasteiger partial charge in [0.15, 0.2) is 5.69 Å². The minimum Gasteiger partial charge on any atom is -0.477 e. The van der Waals surface area contributed by atoms with Crippen LogP contribution in [-0.2, 0) is 0 Å². The highest BCUT2D eigenvalue weighted by molar-refractivity contribution is 5.85. The average molecular weight is 248 g/mol. The van der Waals surface area contributed by atoms with Crippen molar-refractivity contribution in [1.82, 2.24) is 4.98 Å². The zero-order chi connectivity index (χ0) is 13.1. The lowest BCUT2D eigenvalue weighted by Gasteiger charge is -2.19. The molecule has 0 aromatic carbocycles. The summed E-state index contributed by atoms with van der Waals surface area (Å²) in [6, 6.07) is 4.18. The van der Waals surface area contributed by atoms with Crippen LogP contribution >= 0.6 is 0 Å². The lowest BCUT2D eigenvalue weighted by atomic mass is 10.3. The Morgan fingerprint density at radius 2 is 2.12 bits per heavy atom. The summed E-state index contributed by atoms with van der Waals surface area (Å²) in [6.07, 6.45) is -5.21. The molecule has 0 aliphatic heterocycles. The molecular formula is C10H11F3N2O2. The number of rotatable bonds is 4. The summed E-state index contributed by atoms with van der Waals surface area (Å²) in [7, 11) is 1.43. The number of pyridine rings is 1. The Balaban J connectivity index is 2.72. The molecule has 1 rings (SSSR count). The van der Waals surface area contributed by atoms with Gasteiger partial charge in [0.2, 0.25) is 0 Å². The third-order valence-electron chi connectivity index (χ3n) is 2.08. The van der Waals surface area contributed by atoms with Crippen LogP contribution in [0.2, 0.25) is 0 Å². The molecule has 1 aromatic heterocycles. The van der Waals surface area contributed by atoms with Gasteiger partial charge in [0.1, 0.15) is 5.82 Å². The van der Waals surface area contributed by atoms with Crippen molar-refractivity contribution >= 4 is 11.8 Å². The molecule has 4 nitrogen and oxygen atoms in total. The fourth-order valence-corrected chi connectivity index (χ4v) is 1.16. The molecule has 0 unspecified atom stereocenters. The molecule has 17 heavy (non-hydrogen) atoms. The van der Waals surface area contributed by atoms with Gasteiger partial charge in [0.05, 0.1) is 6.42 Å². The van der Waals surface area contributed by atoms with Crippen LogP contribution in [0.15, 0.2) is 18.2 Å². The second-order valence-electron chi connectivity index (χ2n) is 3.47. The minimum atomic E-state index is -4.24. The maximum absolute atomic E-state index is 12.0. The van der Waals surface area contributed by atoms with Crippen molar-refractivity contribution in [2.45, 2.75) is 12.6 Å². The standard InChI is InChI=1S/C10H11F3N2O2/c1-15(6-5-10(11,12)13)8-4-2-3-7(14-8)9(16)17/h2-4H,5-6H2,1H3,(H,16,17). The van der Waals surface area contributed by atoms with Crippen molar-refractivity contribution in [3.05, 3.63) is 23.9 Å².